The molecule has 2 aliphatic rings. The van der Waals surface area contributed by atoms with Crippen LogP contribution in [-0.2, 0) is 20.6 Å². The maximum Gasteiger partial charge on any atom is 0.263 e. The normalized spacial score (nSPS) is 19.0. The number of ether oxygens (including phenoxy) is 1. The van der Waals surface area contributed by atoms with Gasteiger partial charge in [0.15, 0.2) is 6.10 Å². The molecule has 0 radical (unpaired) electrons. The van der Waals surface area contributed by atoms with Crippen LogP contribution in [0, 0.1) is 0 Å². The van der Waals surface area contributed by atoms with Crippen LogP contribution in [0.1, 0.15) is 31.2 Å². The lowest BCUT2D eigenvalue weighted by Crippen LogP contribution is -2.51. The predicted octanol–water partition coefficient (Wildman–Crippen LogP) is 3.58. The number of carbonyl (C=O) groups is 1. The molecule has 0 saturated heterocycles. The number of benzene rings is 2. The second-order valence-electron chi connectivity index (χ2n) is 7.92. The Morgan fingerprint density at radius 3 is 2.55 bits per heavy atom. The second kappa shape index (κ2) is 9.96. The zero-order chi connectivity index (χ0) is 21.7. The van der Waals surface area contributed by atoms with Crippen molar-refractivity contribution < 1.29 is 17.9 Å². The molecule has 1 amide bonds. The molecule has 1 aliphatic carbocycles. The standard InChI is InChI=1S/C23H28N2O4S2/c26-23(24-14-15-30-19-10-4-5-11-19)22-16-25(20-12-6-7-13-21(20)29-22)31(27,28)17-18-8-2-1-3-9-18/h1-3,6-9,12-13,19,22H,4-5,10-11,14-17H2,(H,24,26)/t22-/m0/s1. The van der Waals surface area contributed by atoms with Crippen LogP contribution in [0.5, 0.6) is 5.75 Å². The Hall–Kier alpha value is -2.19. The number of para-hydroxylation sites is 2. The Balaban J connectivity index is 1.43. The average Bonchev–Trinajstić information content (AvgIpc) is 3.30. The molecular weight excluding hydrogens is 432 g/mol. The summed E-state index contributed by atoms with van der Waals surface area (Å²) >= 11 is 1.91. The monoisotopic (exact) mass is 460 g/mol. The van der Waals surface area contributed by atoms with Crippen LogP contribution in [0.3, 0.4) is 0 Å². The van der Waals surface area contributed by atoms with Crippen molar-refractivity contribution in [1.82, 2.24) is 5.32 Å². The summed E-state index contributed by atoms with van der Waals surface area (Å²) in [5.74, 6) is 0.858. The van der Waals surface area contributed by atoms with E-state index in [0.29, 0.717) is 28.8 Å². The fraction of sp³-hybridized carbons (Fsp3) is 0.435. The van der Waals surface area contributed by atoms with Crippen LogP contribution in [-0.4, -0.2) is 44.5 Å². The van der Waals surface area contributed by atoms with Gasteiger partial charge in [-0.3, -0.25) is 9.10 Å². The van der Waals surface area contributed by atoms with Gasteiger partial charge in [-0.2, -0.15) is 11.8 Å². The number of hydrogen-bond donors (Lipinski definition) is 1. The summed E-state index contributed by atoms with van der Waals surface area (Å²) in [5, 5.41) is 3.62. The number of nitrogens with zero attached hydrogens (tertiary/aromatic N) is 1. The van der Waals surface area contributed by atoms with Crippen molar-refractivity contribution in [2.24, 2.45) is 0 Å². The Morgan fingerprint density at radius 1 is 1.06 bits per heavy atom. The highest BCUT2D eigenvalue weighted by Gasteiger charge is 2.36. The first kappa shape index (κ1) is 22.0. The summed E-state index contributed by atoms with van der Waals surface area (Å²) < 4.78 is 33.6. The number of hydrogen-bond acceptors (Lipinski definition) is 5. The second-order valence-corrected chi connectivity index (χ2v) is 11.2. The maximum atomic E-state index is 13.2. The first-order valence-electron chi connectivity index (χ1n) is 10.7. The molecule has 8 heteroatoms. The highest BCUT2D eigenvalue weighted by molar-refractivity contribution is 7.99. The van der Waals surface area contributed by atoms with Gasteiger partial charge in [-0.25, -0.2) is 8.42 Å². The minimum atomic E-state index is -3.68. The first-order valence-corrected chi connectivity index (χ1v) is 13.4. The molecule has 4 rings (SSSR count). The van der Waals surface area contributed by atoms with Crippen molar-refractivity contribution in [2.45, 2.75) is 42.8 Å². The van der Waals surface area contributed by atoms with Crippen LogP contribution in [0.4, 0.5) is 5.69 Å². The molecule has 1 N–H and O–H groups in total. The van der Waals surface area contributed by atoms with E-state index in [1.165, 1.54) is 30.0 Å². The largest absolute Gasteiger partial charge is 0.476 e. The molecule has 0 spiro atoms. The first-order chi connectivity index (χ1) is 15.0. The van der Waals surface area contributed by atoms with E-state index in [1.54, 1.807) is 36.4 Å². The molecule has 0 bridgehead atoms. The third-order valence-corrected chi connectivity index (χ3v) is 8.71. The number of rotatable bonds is 8. The quantitative estimate of drug-likeness (QED) is 0.610. The van der Waals surface area contributed by atoms with Gasteiger partial charge in [-0.1, -0.05) is 55.3 Å². The van der Waals surface area contributed by atoms with Crippen molar-refractivity contribution >= 4 is 33.4 Å². The molecule has 1 fully saturated rings. The van der Waals surface area contributed by atoms with E-state index in [-0.39, 0.29) is 18.2 Å². The molecule has 0 unspecified atom stereocenters. The molecule has 1 saturated carbocycles. The fourth-order valence-electron chi connectivity index (χ4n) is 4.03. The molecule has 1 aliphatic heterocycles. The van der Waals surface area contributed by atoms with Gasteiger partial charge in [0, 0.05) is 17.5 Å². The summed E-state index contributed by atoms with van der Waals surface area (Å²) in [6.07, 6.45) is 4.24. The van der Waals surface area contributed by atoms with Crippen LogP contribution in [0.25, 0.3) is 0 Å². The molecule has 2 aromatic carbocycles. The van der Waals surface area contributed by atoms with Gasteiger partial charge in [0.05, 0.1) is 18.0 Å². The van der Waals surface area contributed by atoms with Gasteiger partial charge >= 0.3 is 0 Å². The van der Waals surface area contributed by atoms with Crippen molar-refractivity contribution in [3.63, 3.8) is 0 Å². The van der Waals surface area contributed by atoms with E-state index < -0.39 is 16.1 Å². The Labute approximate surface area is 188 Å². The molecule has 31 heavy (non-hydrogen) atoms. The maximum absolute atomic E-state index is 13.2. The topological polar surface area (TPSA) is 75.7 Å². The molecule has 6 nitrogen and oxygen atoms in total. The van der Waals surface area contributed by atoms with Crippen molar-refractivity contribution in [3.05, 3.63) is 60.2 Å². The lowest BCUT2D eigenvalue weighted by atomic mass is 10.2. The number of carbonyl (C=O) groups excluding carboxylic acids is 1. The smallest absolute Gasteiger partial charge is 0.263 e. The van der Waals surface area contributed by atoms with E-state index in [2.05, 4.69) is 5.32 Å². The van der Waals surface area contributed by atoms with E-state index >= 15 is 0 Å². The highest BCUT2D eigenvalue weighted by atomic mass is 32.2. The minimum Gasteiger partial charge on any atom is -0.476 e. The summed E-state index contributed by atoms with van der Waals surface area (Å²) in [6, 6.07) is 16.0. The van der Waals surface area contributed by atoms with Gasteiger partial charge in [0.1, 0.15) is 5.75 Å². The molecule has 2 aromatic rings. The van der Waals surface area contributed by atoms with E-state index in [4.69, 9.17) is 4.74 Å². The number of sulfonamides is 1. The van der Waals surface area contributed by atoms with Crippen LogP contribution in [0.2, 0.25) is 0 Å². The lowest BCUT2D eigenvalue weighted by Gasteiger charge is -2.34. The van der Waals surface area contributed by atoms with E-state index in [1.807, 2.05) is 30.0 Å². The Bertz CT molecular complexity index is 992. The highest BCUT2D eigenvalue weighted by Crippen LogP contribution is 2.35. The number of nitrogens with one attached hydrogen (secondary N) is 1. The van der Waals surface area contributed by atoms with Gasteiger partial charge in [0.25, 0.3) is 5.91 Å². The van der Waals surface area contributed by atoms with Gasteiger partial charge in [0.2, 0.25) is 10.0 Å². The van der Waals surface area contributed by atoms with Crippen LogP contribution in [0.15, 0.2) is 54.6 Å². The van der Waals surface area contributed by atoms with Crippen molar-refractivity contribution in [1.29, 1.82) is 0 Å². The Kier molecular flexibility index (Phi) is 7.07. The minimum absolute atomic E-state index is 0.0339. The van der Waals surface area contributed by atoms with Gasteiger partial charge < -0.3 is 10.1 Å². The van der Waals surface area contributed by atoms with E-state index in [0.717, 1.165) is 5.75 Å². The molecule has 0 aromatic heterocycles. The summed E-state index contributed by atoms with van der Waals surface area (Å²) in [6.45, 7) is 0.520. The molecule has 1 heterocycles. The number of fused-ring (bicyclic) bond motifs is 1. The predicted molar refractivity (Wildman–Crippen MR) is 125 cm³/mol. The third kappa shape index (κ3) is 5.54. The van der Waals surface area contributed by atoms with Gasteiger partial charge in [-0.05, 0) is 30.5 Å². The summed E-state index contributed by atoms with van der Waals surface area (Å²) in [5.41, 5.74) is 1.18. The molecular formula is C23H28N2O4S2. The zero-order valence-corrected chi connectivity index (χ0v) is 19.0. The molecule has 1 atom stereocenters. The average molecular weight is 461 g/mol. The van der Waals surface area contributed by atoms with E-state index in [9.17, 15) is 13.2 Å². The number of amides is 1. The lowest BCUT2D eigenvalue weighted by molar-refractivity contribution is -0.127. The number of anilines is 1. The SMILES string of the molecule is O=C(NCCSC1CCCC1)[C@@H]1CN(S(=O)(=O)Cc2ccccc2)c2ccccc2O1. The number of thioether (sulfide) groups is 1. The van der Waals surface area contributed by atoms with Crippen molar-refractivity contribution in [2.75, 3.05) is 23.1 Å². The fourth-order valence-corrected chi connectivity index (χ4v) is 6.84. The molecule has 166 valence electrons. The summed E-state index contributed by atoms with van der Waals surface area (Å²) in [7, 11) is -3.68. The third-order valence-electron chi connectivity index (χ3n) is 5.61. The van der Waals surface area contributed by atoms with Crippen LogP contribution < -0.4 is 14.4 Å². The summed E-state index contributed by atoms with van der Waals surface area (Å²) in [4.78, 5) is 12.8. The van der Waals surface area contributed by atoms with Crippen LogP contribution >= 0.6 is 11.8 Å². The van der Waals surface area contributed by atoms with Crippen molar-refractivity contribution in [3.8, 4) is 5.75 Å². The Morgan fingerprint density at radius 2 is 1.77 bits per heavy atom. The zero-order valence-electron chi connectivity index (χ0n) is 17.4. The van der Waals surface area contributed by atoms with Gasteiger partial charge in [-0.15, -0.1) is 0 Å².